The molecule has 0 atom stereocenters. The van der Waals surface area contributed by atoms with Gasteiger partial charge in [0.25, 0.3) is 0 Å². The van der Waals surface area contributed by atoms with Crippen molar-refractivity contribution < 1.29 is 0 Å². The van der Waals surface area contributed by atoms with E-state index < -0.39 is 0 Å². The second-order valence-electron chi connectivity index (χ2n) is 2.36. The van der Waals surface area contributed by atoms with E-state index >= 15 is 0 Å². The van der Waals surface area contributed by atoms with Gasteiger partial charge in [0, 0.05) is 26.5 Å². The number of aromatic amines is 1. The molecule has 11 heavy (non-hydrogen) atoms. The van der Waals surface area contributed by atoms with Crippen molar-refractivity contribution >= 4 is 39.5 Å². The Morgan fingerprint density at radius 1 is 1.36 bits per heavy atom. The third kappa shape index (κ3) is 1.19. The largest absolute Gasteiger partial charge is 0.360 e. The Kier molecular flexibility index (Phi) is 1.69. The van der Waals surface area contributed by atoms with Crippen LogP contribution in [0.2, 0.25) is 0 Å². The lowest BCUT2D eigenvalue weighted by Gasteiger charge is -1.91. The van der Waals surface area contributed by atoms with Crippen LogP contribution in [0.1, 0.15) is 0 Å². The number of hydrogen-bond donors (Lipinski definition) is 2. The average Bonchev–Trinajstić information content (AvgIpc) is 2.33. The molecule has 1 nitrogen and oxygen atoms in total. The van der Waals surface area contributed by atoms with Crippen LogP contribution in [0.3, 0.4) is 0 Å². The molecule has 3 heteroatoms. The van der Waals surface area contributed by atoms with E-state index in [9.17, 15) is 0 Å². The zero-order chi connectivity index (χ0) is 7.84. The second kappa shape index (κ2) is 2.57. The van der Waals surface area contributed by atoms with Crippen LogP contribution in [0.4, 0.5) is 0 Å². The van der Waals surface area contributed by atoms with Gasteiger partial charge < -0.3 is 4.98 Å². The van der Waals surface area contributed by atoms with Gasteiger partial charge in [-0.25, -0.2) is 0 Å². The maximum atomic E-state index is 4.30. The van der Waals surface area contributed by atoms with Gasteiger partial charge in [0.05, 0.1) is 0 Å². The highest BCUT2D eigenvalue weighted by Gasteiger charge is 1.98. The zero-order valence-corrected chi connectivity index (χ0v) is 8.12. The van der Waals surface area contributed by atoms with Crippen molar-refractivity contribution in [3.8, 4) is 0 Å². The van der Waals surface area contributed by atoms with E-state index in [1.54, 1.807) is 0 Å². The number of H-pyrrole nitrogens is 1. The predicted octanol–water partition coefficient (Wildman–Crippen LogP) is 3.22. The van der Waals surface area contributed by atoms with Crippen LogP contribution in [-0.4, -0.2) is 4.98 Å². The minimum Gasteiger partial charge on any atom is -0.360 e. The van der Waals surface area contributed by atoms with Crippen molar-refractivity contribution in [2.75, 3.05) is 0 Å². The summed E-state index contributed by atoms with van der Waals surface area (Å²) < 4.78 is 1.08. The van der Waals surface area contributed by atoms with Crippen LogP contribution in [0, 0.1) is 0 Å². The van der Waals surface area contributed by atoms with Gasteiger partial charge in [-0.3, -0.25) is 0 Å². The Morgan fingerprint density at radius 3 is 3.00 bits per heavy atom. The molecular formula is C8H6BrNS. The molecule has 0 bridgehead atoms. The number of benzene rings is 1. The van der Waals surface area contributed by atoms with Crippen molar-refractivity contribution in [1.82, 2.24) is 4.98 Å². The molecule has 0 spiro atoms. The Labute approximate surface area is 78.3 Å². The molecule has 0 aliphatic carbocycles. The number of fused-ring (bicyclic) bond motifs is 1. The number of nitrogens with one attached hydrogen (secondary N) is 1. The van der Waals surface area contributed by atoms with Crippen LogP contribution in [0.25, 0.3) is 10.9 Å². The topological polar surface area (TPSA) is 15.8 Å². The lowest BCUT2D eigenvalue weighted by Crippen LogP contribution is -1.67. The van der Waals surface area contributed by atoms with E-state index in [-0.39, 0.29) is 0 Å². The molecule has 0 radical (unpaired) electrons. The fourth-order valence-electron chi connectivity index (χ4n) is 1.08. The molecule has 0 unspecified atom stereocenters. The minimum absolute atomic E-state index is 0.987. The van der Waals surface area contributed by atoms with Crippen molar-refractivity contribution in [2.24, 2.45) is 0 Å². The molecular weight excluding hydrogens is 222 g/mol. The van der Waals surface area contributed by atoms with E-state index in [1.165, 1.54) is 0 Å². The number of thiol groups is 1. The molecule has 0 amide bonds. The van der Waals surface area contributed by atoms with E-state index in [2.05, 4.69) is 33.5 Å². The maximum absolute atomic E-state index is 4.30. The molecule has 56 valence electrons. The van der Waals surface area contributed by atoms with Gasteiger partial charge in [0.1, 0.15) is 0 Å². The van der Waals surface area contributed by atoms with Crippen molar-refractivity contribution in [3.05, 3.63) is 28.9 Å². The molecule has 2 rings (SSSR count). The summed E-state index contributed by atoms with van der Waals surface area (Å²) in [6.07, 6.45) is 1.89. The Morgan fingerprint density at radius 2 is 2.18 bits per heavy atom. The molecule has 1 aromatic carbocycles. The number of halogens is 1. The summed E-state index contributed by atoms with van der Waals surface area (Å²) in [6.45, 7) is 0. The highest BCUT2D eigenvalue weighted by atomic mass is 79.9. The third-order valence-corrected chi connectivity index (χ3v) is 2.49. The molecule has 0 saturated carbocycles. The van der Waals surface area contributed by atoms with E-state index in [4.69, 9.17) is 0 Å². The van der Waals surface area contributed by atoms with Gasteiger partial charge in [0.2, 0.25) is 0 Å². The first-order chi connectivity index (χ1) is 5.27. The monoisotopic (exact) mass is 227 g/mol. The SMILES string of the molecule is Sc1c[nH]c2ccc(Br)cc12. The van der Waals surface area contributed by atoms with Crippen molar-refractivity contribution in [2.45, 2.75) is 4.90 Å². The summed E-state index contributed by atoms with van der Waals surface area (Å²) in [4.78, 5) is 4.11. The van der Waals surface area contributed by atoms with Crippen molar-refractivity contribution in [3.63, 3.8) is 0 Å². The zero-order valence-electron chi connectivity index (χ0n) is 5.63. The summed E-state index contributed by atoms with van der Waals surface area (Å²) in [5, 5.41) is 1.16. The lowest BCUT2D eigenvalue weighted by atomic mass is 10.2. The van der Waals surface area contributed by atoms with Gasteiger partial charge in [-0.15, -0.1) is 12.6 Å². The highest BCUT2D eigenvalue weighted by Crippen LogP contribution is 2.24. The number of rotatable bonds is 0. The normalized spacial score (nSPS) is 10.7. The van der Waals surface area contributed by atoms with E-state index in [1.807, 2.05) is 24.4 Å². The summed E-state index contributed by atoms with van der Waals surface area (Å²) in [7, 11) is 0. The van der Waals surface area contributed by atoms with Crippen LogP contribution >= 0.6 is 28.6 Å². The van der Waals surface area contributed by atoms with Crippen LogP contribution in [0.5, 0.6) is 0 Å². The van der Waals surface area contributed by atoms with E-state index in [0.29, 0.717) is 0 Å². The molecule has 1 heterocycles. The minimum atomic E-state index is 0.987. The first-order valence-electron chi connectivity index (χ1n) is 3.23. The maximum Gasteiger partial charge on any atom is 0.0466 e. The van der Waals surface area contributed by atoms with Gasteiger partial charge >= 0.3 is 0 Å². The predicted molar refractivity (Wildman–Crippen MR) is 53.3 cm³/mol. The Bertz CT molecular complexity index is 394. The summed E-state index contributed by atoms with van der Waals surface area (Å²) in [5.41, 5.74) is 1.12. The summed E-state index contributed by atoms with van der Waals surface area (Å²) in [5.74, 6) is 0. The number of aromatic nitrogens is 1. The Hall–Kier alpha value is -0.410. The first kappa shape index (κ1) is 7.25. The van der Waals surface area contributed by atoms with Crippen LogP contribution in [0.15, 0.2) is 33.8 Å². The van der Waals surface area contributed by atoms with Gasteiger partial charge in [-0.05, 0) is 18.2 Å². The van der Waals surface area contributed by atoms with Gasteiger partial charge in [0.15, 0.2) is 0 Å². The fourth-order valence-corrected chi connectivity index (χ4v) is 1.69. The molecule has 0 fully saturated rings. The number of hydrogen-bond acceptors (Lipinski definition) is 1. The van der Waals surface area contributed by atoms with Crippen molar-refractivity contribution in [1.29, 1.82) is 0 Å². The first-order valence-corrected chi connectivity index (χ1v) is 4.47. The molecule has 0 aliphatic rings. The Balaban J connectivity index is 2.87. The molecule has 2 aromatic rings. The lowest BCUT2D eigenvalue weighted by molar-refractivity contribution is 1.42. The summed E-state index contributed by atoms with van der Waals surface area (Å²) in [6, 6.07) is 6.08. The molecule has 1 N–H and O–H groups in total. The fraction of sp³-hybridized carbons (Fsp3) is 0. The van der Waals surface area contributed by atoms with Crippen LogP contribution < -0.4 is 0 Å². The highest BCUT2D eigenvalue weighted by molar-refractivity contribution is 9.10. The standard InChI is InChI=1S/C8H6BrNS/c9-5-1-2-7-6(3-5)8(11)4-10-7/h1-4,10-11H. The van der Waals surface area contributed by atoms with E-state index in [0.717, 1.165) is 20.3 Å². The molecule has 0 aliphatic heterocycles. The molecule has 1 aromatic heterocycles. The third-order valence-electron chi connectivity index (χ3n) is 1.62. The molecule has 0 saturated heterocycles. The smallest absolute Gasteiger partial charge is 0.0466 e. The van der Waals surface area contributed by atoms with Crippen LogP contribution in [-0.2, 0) is 0 Å². The van der Waals surface area contributed by atoms with Gasteiger partial charge in [-0.1, -0.05) is 15.9 Å². The summed E-state index contributed by atoms with van der Waals surface area (Å²) >= 11 is 7.70. The average molecular weight is 228 g/mol. The second-order valence-corrected chi connectivity index (χ2v) is 3.76. The quantitative estimate of drug-likeness (QED) is 0.644. The van der Waals surface area contributed by atoms with Gasteiger partial charge in [-0.2, -0.15) is 0 Å².